The first kappa shape index (κ1) is 18.1. The fourth-order valence-corrected chi connectivity index (χ4v) is 4.62. The van der Waals surface area contributed by atoms with Gasteiger partial charge in [0.05, 0.1) is 35.4 Å². The summed E-state index contributed by atoms with van der Waals surface area (Å²) in [7, 11) is -3.31. The van der Waals surface area contributed by atoms with Crippen LogP contribution in [0.5, 0.6) is 0 Å². The van der Waals surface area contributed by atoms with Gasteiger partial charge in [0, 0.05) is 25.5 Å². The van der Waals surface area contributed by atoms with Gasteiger partial charge in [0.1, 0.15) is 11.2 Å². The van der Waals surface area contributed by atoms with E-state index in [1.165, 1.54) is 4.31 Å². The minimum Gasteiger partial charge on any atom is -0.394 e. The molecule has 0 bridgehead atoms. The van der Waals surface area contributed by atoms with Crippen LogP contribution in [0.15, 0.2) is 24.7 Å². The molecular weight excluding hydrogens is 380 g/mol. The highest BCUT2D eigenvalue weighted by Crippen LogP contribution is 2.36. The van der Waals surface area contributed by atoms with E-state index < -0.39 is 15.6 Å². The lowest BCUT2D eigenvalue weighted by molar-refractivity contribution is 0.0719. The molecule has 3 aromatic heterocycles. The number of hydrogen-bond acceptors (Lipinski definition) is 6. The Balaban J connectivity index is 1.73. The predicted octanol–water partition coefficient (Wildman–Crippen LogP) is 1.65. The van der Waals surface area contributed by atoms with Gasteiger partial charge in [-0.1, -0.05) is 0 Å². The zero-order valence-electron chi connectivity index (χ0n) is 15.0. The Labute approximate surface area is 161 Å². The zero-order chi connectivity index (χ0) is 19.9. The van der Waals surface area contributed by atoms with E-state index in [1.807, 2.05) is 6.07 Å². The molecule has 1 aliphatic rings. The molecule has 0 aliphatic carbocycles. The number of aromatic nitrogens is 5. The van der Waals surface area contributed by atoms with E-state index in [1.54, 1.807) is 30.2 Å². The summed E-state index contributed by atoms with van der Waals surface area (Å²) >= 11 is 0. The third-order valence-corrected chi connectivity index (χ3v) is 6.73. The SMILES string of the molecule is [C-]#[N+]c1nc(-c2cnn(C3(CC#N)CN(S(=O)(=O)CC)C3)c2)c2cc[nH]c2n1. The molecule has 11 heteroatoms. The number of rotatable bonds is 5. The van der Waals surface area contributed by atoms with E-state index >= 15 is 0 Å². The third kappa shape index (κ3) is 2.72. The van der Waals surface area contributed by atoms with Crippen molar-refractivity contribution >= 4 is 27.0 Å². The second kappa shape index (κ2) is 6.41. The first-order valence-electron chi connectivity index (χ1n) is 8.55. The van der Waals surface area contributed by atoms with Crippen LogP contribution in [0, 0.1) is 17.9 Å². The third-order valence-electron chi connectivity index (χ3n) is 4.95. The summed E-state index contributed by atoms with van der Waals surface area (Å²) in [5.41, 5.74) is 1.08. The van der Waals surface area contributed by atoms with Gasteiger partial charge in [0.25, 0.3) is 0 Å². The van der Waals surface area contributed by atoms with Crippen LogP contribution in [0.4, 0.5) is 5.95 Å². The molecule has 1 fully saturated rings. The molecule has 0 unspecified atom stereocenters. The van der Waals surface area contributed by atoms with Gasteiger partial charge in [-0.3, -0.25) is 4.68 Å². The highest BCUT2D eigenvalue weighted by molar-refractivity contribution is 7.89. The monoisotopic (exact) mass is 396 g/mol. The fourth-order valence-electron chi connectivity index (χ4n) is 3.38. The molecule has 28 heavy (non-hydrogen) atoms. The molecule has 0 saturated carbocycles. The number of nitrogens with zero attached hydrogens (tertiary/aromatic N) is 7. The number of fused-ring (bicyclic) bond motifs is 1. The van der Waals surface area contributed by atoms with Gasteiger partial charge in [0.15, 0.2) is 0 Å². The Kier molecular flexibility index (Phi) is 4.14. The molecule has 3 aromatic rings. The van der Waals surface area contributed by atoms with Gasteiger partial charge in [-0.2, -0.15) is 14.7 Å². The molecule has 1 saturated heterocycles. The van der Waals surface area contributed by atoms with Crippen LogP contribution >= 0.6 is 0 Å². The van der Waals surface area contributed by atoms with Crippen LogP contribution in [-0.2, 0) is 15.6 Å². The molecule has 0 spiro atoms. The van der Waals surface area contributed by atoms with E-state index in [0.29, 0.717) is 16.9 Å². The highest BCUT2D eigenvalue weighted by Gasteiger charge is 2.49. The van der Waals surface area contributed by atoms with Gasteiger partial charge < -0.3 is 9.83 Å². The van der Waals surface area contributed by atoms with Crippen LogP contribution in [0.1, 0.15) is 13.3 Å². The number of H-pyrrole nitrogens is 1. The smallest absolute Gasteiger partial charge is 0.374 e. The van der Waals surface area contributed by atoms with Crippen molar-refractivity contribution in [1.82, 2.24) is 29.0 Å². The number of aromatic amines is 1. The molecule has 0 radical (unpaired) electrons. The molecule has 0 atom stereocenters. The standard InChI is InChI=1S/C17H16N8O2S/c1-3-28(26,27)24-10-17(11-24,5-6-18)25-9-12(8-21-25)14-13-4-7-20-15(13)23-16(19-2)22-14/h4,7-9H,3,5,10-11H2,1H3,(H,20,22,23). The topological polar surface area (TPSA) is 125 Å². The zero-order valence-corrected chi connectivity index (χ0v) is 15.8. The largest absolute Gasteiger partial charge is 0.394 e. The lowest BCUT2D eigenvalue weighted by atomic mass is 9.89. The fraction of sp³-hybridized carbons (Fsp3) is 0.353. The number of hydrogen-bond donors (Lipinski definition) is 1. The molecule has 0 aromatic carbocycles. The van der Waals surface area contributed by atoms with Gasteiger partial charge in [-0.25, -0.2) is 8.42 Å². The summed E-state index contributed by atoms with van der Waals surface area (Å²) in [6.45, 7) is 9.20. The summed E-state index contributed by atoms with van der Waals surface area (Å²) in [6, 6.07) is 3.96. The van der Waals surface area contributed by atoms with Crippen LogP contribution in [-0.4, -0.2) is 56.3 Å². The summed E-state index contributed by atoms with van der Waals surface area (Å²) < 4.78 is 27.2. The number of sulfonamides is 1. The maximum absolute atomic E-state index is 12.1. The molecule has 0 amide bonds. The second-order valence-corrected chi connectivity index (χ2v) is 8.88. The Morgan fingerprint density at radius 2 is 2.21 bits per heavy atom. The molecule has 4 rings (SSSR count). The minimum atomic E-state index is -3.31. The van der Waals surface area contributed by atoms with E-state index in [4.69, 9.17) is 6.57 Å². The van der Waals surface area contributed by atoms with Crippen molar-refractivity contribution in [3.63, 3.8) is 0 Å². The summed E-state index contributed by atoms with van der Waals surface area (Å²) in [4.78, 5) is 14.7. The first-order chi connectivity index (χ1) is 13.4. The van der Waals surface area contributed by atoms with Crippen LogP contribution in [0.3, 0.4) is 0 Å². The van der Waals surface area contributed by atoms with Gasteiger partial charge >= 0.3 is 5.95 Å². The molecular formula is C17H16N8O2S. The van der Waals surface area contributed by atoms with Crippen molar-refractivity contribution in [2.75, 3.05) is 18.8 Å². The van der Waals surface area contributed by atoms with E-state index in [-0.39, 0.29) is 31.2 Å². The van der Waals surface area contributed by atoms with E-state index in [2.05, 4.69) is 31.0 Å². The van der Waals surface area contributed by atoms with Crippen LogP contribution in [0.25, 0.3) is 27.1 Å². The number of nitriles is 1. The number of nitrogens with one attached hydrogen (secondary N) is 1. The van der Waals surface area contributed by atoms with Gasteiger partial charge in [0.2, 0.25) is 15.7 Å². The minimum absolute atomic E-state index is 0.0196. The van der Waals surface area contributed by atoms with Crippen LogP contribution in [0.2, 0.25) is 0 Å². The van der Waals surface area contributed by atoms with Gasteiger partial charge in [-0.05, 0) is 13.0 Å². The van der Waals surface area contributed by atoms with Crippen molar-refractivity contribution in [2.45, 2.75) is 18.9 Å². The lowest BCUT2D eigenvalue weighted by Crippen LogP contribution is -2.64. The van der Waals surface area contributed by atoms with Crippen molar-refractivity contribution in [1.29, 1.82) is 5.26 Å². The average Bonchev–Trinajstić information content (AvgIpc) is 3.32. The maximum atomic E-state index is 12.1. The highest BCUT2D eigenvalue weighted by atomic mass is 32.2. The Bertz CT molecular complexity index is 1240. The summed E-state index contributed by atoms with van der Waals surface area (Å²) in [5, 5.41) is 14.4. The lowest BCUT2D eigenvalue weighted by Gasteiger charge is -2.47. The first-order valence-corrected chi connectivity index (χ1v) is 10.2. The molecule has 142 valence electrons. The molecule has 1 aliphatic heterocycles. The van der Waals surface area contributed by atoms with Crippen molar-refractivity contribution in [3.8, 4) is 17.3 Å². The van der Waals surface area contributed by atoms with Crippen molar-refractivity contribution in [2.24, 2.45) is 0 Å². The normalized spacial score (nSPS) is 16.4. The Morgan fingerprint density at radius 3 is 2.89 bits per heavy atom. The van der Waals surface area contributed by atoms with E-state index in [0.717, 1.165) is 5.39 Å². The van der Waals surface area contributed by atoms with E-state index in [9.17, 15) is 13.7 Å². The summed E-state index contributed by atoms with van der Waals surface area (Å²) in [6.07, 6.45) is 5.21. The second-order valence-electron chi connectivity index (χ2n) is 6.63. The molecule has 1 N–H and O–H groups in total. The van der Waals surface area contributed by atoms with Crippen LogP contribution < -0.4 is 0 Å². The van der Waals surface area contributed by atoms with Crippen molar-refractivity contribution in [3.05, 3.63) is 36.1 Å². The Morgan fingerprint density at radius 1 is 1.43 bits per heavy atom. The maximum Gasteiger partial charge on any atom is 0.374 e. The van der Waals surface area contributed by atoms with Gasteiger partial charge in [-0.15, -0.1) is 16.5 Å². The average molecular weight is 396 g/mol. The quantitative estimate of drug-likeness (QED) is 0.654. The molecule has 4 heterocycles. The predicted molar refractivity (Wildman–Crippen MR) is 101 cm³/mol. The van der Waals surface area contributed by atoms with Crippen molar-refractivity contribution < 1.29 is 8.42 Å². The molecule has 10 nitrogen and oxygen atoms in total. The Hall–Kier alpha value is -3.28. The summed E-state index contributed by atoms with van der Waals surface area (Å²) in [5.74, 6) is 0.0412.